The number of carbonyl (C=O) groups is 1. The highest BCUT2D eigenvalue weighted by Gasteiger charge is 2.45. The average molecular weight is 366 g/mol. The van der Waals surface area contributed by atoms with E-state index in [0.29, 0.717) is 6.61 Å². The van der Waals surface area contributed by atoms with Crippen LogP contribution in [0.5, 0.6) is 0 Å². The van der Waals surface area contributed by atoms with Gasteiger partial charge in [-0.25, -0.2) is 0 Å². The van der Waals surface area contributed by atoms with Crippen molar-refractivity contribution < 1.29 is 27.8 Å². The summed E-state index contributed by atoms with van der Waals surface area (Å²) in [4.78, 5) is 16.1. The highest BCUT2D eigenvalue weighted by molar-refractivity contribution is 6.76. The molecule has 0 aliphatic carbocycles. The van der Waals surface area contributed by atoms with Crippen molar-refractivity contribution in [1.29, 1.82) is 0 Å². The molecule has 1 unspecified atom stereocenters. The van der Waals surface area contributed by atoms with Crippen molar-refractivity contribution in [2.45, 2.75) is 50.9 Å². The standard InChI is InChI=1S/C15H25F3N2O3Si/c1-10(8-21)20-11-7-19-12(9-23-5-6-24(2,3)4)14(22)13(11)15(16,17)18/h7,10,12,20-21H,5-6,8-9H2,1-4H3/t10-,12?/m1/s1. The fourth-order valence-corrected chi connectivity index (χ4v) is 2.76. The van der Waals surface area contributed by atoms with E-state index in [1.54, 1.807) is 0 Å². The van der Waals surface area contributed by atoms with Crippen LogP contribution in [-0.4, -0.2) is 63.3 Å². The molecule has 0 amide bonds. The summed E-state index contributed by atoms with van der Waals surface area (Å²) in [6, 6.07) is -0.945. The van der Waals surface area contributed by atoms with Crippen LogP contribution in [0.4, 0.5) is 13.2 Å². The summed E-state index contributed by atoms with van der Waals surface area (Å²) < 4.78 is 45.1. The number of alkyl halides is 3. The molecule has 1 aliphatic heterocycles. The lowest BCUT2D eigenvalue weighted by atomic mass is 9.99. The van der Waals surface area contributed by atoms with Crippen LogP contribution in [0.1, 0.15) is 6.92 Å². The quantitative estimate of drug-likeness (QED) is 0.510. The number of Topliss-reactive ketones (excluding diaryl/α,β-unsaturated/α-hetero) is 1. The summed E-state index contributed by atoms with van der Waals surface area (Å²) in [6.45, 7) is 7.86. The van der Waals surface area contributed by atoms with Gasteiger partial charge in [0.1, 0.15) is 11.6 Å². The topological polar surface area (TPSA) is 70.9 Å². The van der Waals surface area contributed by atoms with Gasteiger partial charge in [-0.05, 0) is 13.0 Å². The number of nitrogens with one attached hydrogen (secondary N) is 1. The molecule has 0 saturated carbocycles. The zero-order valence-electron chi connectivity index (χ0n) is 14.4. The van der Waals surface area contributed by atoms with Gasteiger partial charge in [-0.2, -0.15) is 13.2 Å². The maximum atomic E-state index is 13.2. The third-order valence-electron chi connectivity index (χ3n) is 3.43. The van der Waals surface area contributed by atoms with Gasteiger partial charge in [0, 0.05) is 26.9 Å². The van der Waals surface area contributed by atoms with Gasteiger partial charge in [-0.1, -0.05) is 19.6 Å². The number of ketones is 1. The van der Waals surface area contributed by atoms with E-state index in [-0.39, 0.29) is 13.2 Å². The lowest BCUT2D eigenvalue weighted by molar-refractivity contribution is -0.131. The molecule has 5 nitrogen and oxygen atoms in total. The number of aliphatic imine (C=N–C) groups is 1. The van der Waals surface area contributed by atoms with Gasteiger partial charge in [-0.3, -0.25) is 9.79 Å². The number of carbonyl (C=O) groups excluding carboxylic acids is 1. The minimum absolute atomic E-state index is 0.164. The molecule has 0 spiro atoms. The van der Waals surface area contributed by atoms with Crippen molar-refractivity contribution in [1.82, 2.24) is 5.32 Å². The van der Waals surface area contributed by atoms with Crippen LogP contribution >= 0.6 is 0 Å². The van der Waals surface area contributed by atoms with Crippen molar-refractivity contribution in [3.8, 4) is 0 Å². The SMILES string of the molecule is C[C@H](CO)NC1=C(C(F)(F)F)C(=O)C(COCC[Si](C)(C)C)N=C1. The highest BCUT2D eigenvalue weighted by atomic mass is 28.3. The van der Waals surface area contributed by atoms with Crippen molar-refractivity contribution in [3.05, 3.63) is 11.3 Å². The van der Waals surface area contributed by atoms with E-state index in [1.165, 1.54) is 6.92 Å². The molecule has 0 bridgehead atoms. The number of ether oxygens (including phenoxy) is 1. The smallest absolute Gasteiger partial charge is 0.394 e. The number of halogens is 3. The summed E-state index contributed by atoms with van der Waals surface area (Å²) >= 11 is 0. The van der Waals surface area contributed by atoms with Crippen LogP contribution in [0.15, 0.2) is 16.3 Å². The summed E-state index contributed by atoms with van der Waals surface area (Å²) in [7, 11) is -1.31. The first-order valence-corrected chi connectivity index (χ1v) is 11.5. The van der Waals surface area contributed by atoms with Crippen LogP contribution in [0.3, 0.4) is 0 Å². The monoisotopic (exact) mass is 366 g/mol. The molecular weight excluding hydrogens is 341 g/mol. The number of dihydropyridines is 1. The number of hydrogen-bond donors (Lipinski definition) is 2. The second kappa shape index (κ2) is 8.26. The van der Waals surface area contributed by atoms with E-state index in [2.05, 4.69) is 30.0 Å². The highest BCUT2D eigenvalue weighted by Crippen LogP contribution is 2.31. The minimum atomic E-state index is -4.79. The van der Waals surface area contributed by atoms with Crippen LogP contribution in [0.25, 0.3) is 0 Å². The zero-order chi connectivity index (χ0) is 18.5. The number of nitrogens with zero attached hydrogens (tertiary/aromatic N) is 1. The first kappa shape index (κ1) is 20.9. The van der Waals surface area contributed by atoms with Gasteiger partial charge in [0.05, 0.1) is 18.9 Å². The average Bonchev–Trinajstić information content (AvgIpc) is 2.42. The van der Waals surface area contributed by atoms with E-state index in [1.807, 2.05) is 0 Å². The molecule has 2 N–H and O–H groups in total. The number of allylic oxidation sites excluding steroid dienone is 1. The maximum Gasteiger partial charge on any atom is 0.421 e. The Morgan fingerprint density at radius 2 is 2.04 bits per heavy atom. The molecule has 0 radical (unpaired) electrons. The Labute approximate surface area is 141 Å². The van der Waals surface area contributed by atoms with E-state index in [0.717, 1.165) is 12.3 Å². The Balaban J connectivity index is 2.80. The van der Waals surface area contributed by atoms with E-state index in [4.69, 9.17) is 9.84 Å². The second-order valence-corrected chi connectivity index (χ2v) is 12.7. The molecule has 138 valence electrons. The molecule has 1 aliphatic rings. The number of aliphatic hydroxyl groups is 1. The van der Waals surface area contributed by atoms with E-state index >= 15 is 0 Å². The molecule has 0 fully saturated rings. The van der Waals surface area contributed by atoms with Crippen molar-refractivity contribution in [2.24, 2.45) is 4.99 Å². The Kier molecular flexibility index (Phi) is 7.18. The number of aliphatic hydroxyl groups excluding tert-OH is 1. The number of hydrogen-bond acceptors (Lipinski definition) is 5. The zero-order valence-corrected chi connectivity index (χ0v) is 15.4. The molecule has 0 aromatic rings. The summed E-state index contributed by atoms with van der Waals surface area (Å²) in [5, 5.41) is 11.4. The predicted molar refractivity (Wildman–Crippen MR) is 89.0 cm³/mol. The largest absolute Gasteiger partial charge is 0.421 e. The summed E-state index contributed by atoms with van der Waals surface area (Å²) in [5.74, 6) is -1.11. The Bertz CT molecular complexity index is 513. The van der Waals surface area contributed by atoms with E-state index < -0.39 is 43.4 Å². The van der Waals surface area contributed by atoms with E-state index in [9.17, 15) is 18.0 Å². The Morgan fingerprint density at radius 3 is 2.54 bits per heavy atom. The summed E-state index contributed by atoms with van der Waals surface area (Å²) in [6.07, 6.45) is -3.79. The van der Waals surface area contributed by atoms with Gasteiger partial charge in [0.2, 0.25) is 0 Å². The van der Waals surface area contributed by atoms with Gasteiger partial charge in [-0.15, -0.1) is 0 Å². The third kappa shape index (κ3) is 6.37. The van der Waals surface area contributed by atoms with Crippen LogP contribution in [0.2, 0.25) is 25.7 Å². The fraction of sp³-hybridized carbons (Fsp3) is 0.733. The molecule has 0 aromatic heterocycles. The molecule has 0 aromatic carbocycles. The second-order valence-electron chi connectivity index (χ2n) is 7.06. The van der Waals surface area contributed by atoms with Crippen molar-refractivity contribution in [2.75, 3.05) is 19.8 Å². The summed E-state index contributed by atoms with van der Waals surface area (Å²) in [5.41, 5.74) is -1.68. The third-order valence-corrected chi connectivity index (χ3v) is 5.14. The van der Waals surface area contributed by atoms with Crippen molar-refractivity contribution in [3.63, 3.8) is 0 Å². The predicted octanol–water partition coefficient (Wildman–Crippen LogP) is 2.15. The number of rotatable bonds is 8. The van der Waals surface area contributed by atoms with Gasteiger partial charge in [0.25, 0.3) is 0 Å². The molecule has 0 saturated heterocycles. The Morgan fingerprint density at radius 1 is 1.42 bits per heavy atom. The molecule has 9 heteroatoms. The molecule has 1 rings (SSSR count). The minimum Gasteiger partial charge on any atom is -0.394 e. The first-order valence-electron chi connectivity index (χ1n) is 7.79. The molecule has 2 atom stereocenters. The molecular formula is C15H25F3N2O3Si. The van der Waals surface area contributed by atoms with Crippen molar-refractivity contribution >= 4 is 20.1 Å². The maximum absolute atomic E-state index is 13.2. The first-order chi connectivity index (χ1) is 11.0. The van der Waals surface area contributed by atoms with Crippen LogP contribution in [0, 0.1) is 0 Å². The fourth-order valence-electron chi connectivity index (χ4n) is 2.00. The Hall–Kier alpha value is -1.19. The molecule has 1 heterocycles. The van der Waals surface area contributed by atoms with Crippen LogP contribution < -0.4 is 5.32 Å². The van der Waals surface area contributed by atoms with Gasteiger partial charge >= 0.3 is 6.18 Å². The normalized spacial score (nSPS) is 20.5. The lowest BCUT2D eigenvalue weighted by Gasteiger charge is -2.25. The van der Waals surface area contributed by atoms with Gasteiger partial charge < -0.3 is 15.2 Å². The van der Waals surface area contributed by atoms with Gasteiger partial charge in [0.15, 0.2) is 5.78 Å². The molecule has 24 heavy (non-hydrogen) atoms. The lowest BCUT2D eigenvalue weighted by Crippen LogP contribution is -2.41. The van der Waals surface area contributed by atoms with Crippen LogP contribution in [-0.2, 0) is 9.53 Å².